The van der Waals surface area contributed by atoms with E-state index in [0.29, 0.717) is 35.9 Å². The molecule has 1 aliphatic heterocycles. The van der Waals surface area contributed by atoms with Crippen LogP contribution in [-0.2, 0) is 16.6 Å². The zero-order valence-corrected chi connectivity index (χ0v) is 26.3. The summed E-state index contributed by atoms with van der Waals surface area (Å²) in [5.74, 6) is 0.440. The second kappa shape index (κ2) is 11.1. The van der Waals surface area contributed by atoms with Crippen molar-refractivity contribution < 1.29 is 19.8 Å². The third kappa shape index (κ3) is 5.59. The number of fused-ring (bicyclic) bond motifs is 2. The van der Waals surface area contributed by atoms with E-state index in [2.05, 4.69) is 39.9 Å². The van der Waals surface area contributed by atoms with Gasteiger partial charge < -0.3 is 15.1 Å². The van der Waals surface area contributed by atoms with Crippen LogP contribution < -0.4 is 5.32 Å². The number of nitrogens with one attached hydrogen (secondary N) is 1. The highest BCUT2D eigenvalue weighted by molar-refractivity contribution is 7.15. The smallest absolute Gasteiger partial charge is 0.257 e. The molecule has 8 heteroatoms. The van der Waals surface area contributed by atoms with Crippen LogP contribution in [0.3, 0.4) is 0 Å². The van der Waals surface area contributed by atoms with E-state index in [1.54, 1.807) is 0 Å². The van der Waals surface area contributed by atoms with Crippen molar-refractivity contribution in [3.05, 3.63) is 46.0 Å². The second-order valence-electron chi connectivity index (χ2n) is 14.4. The molecule has 0 spiro atoms. The normalized spacial score (nSPS) is 30.4. The average Bonchev–Trinajstić information content (AvgIpc) is 3.34. The lowest BCUT2D eigenvalue weighted by Gasteiger charge is -2.58. The summed E-state index contributed by atoms with van der Waals surface area (Å²) in [4.78, 5) is 34.9. The Hall–Kier alpha value is -2.29. The van der Waals surface area contributed by atoms with E-state index in [-0.39, 0.29) is 41.1 Å². The molecule has 5 atom stereocenters. The second-order valence-corrected chi connectivity index (χ2v) is 15.5. The number of nitrogens with zero attached hydrogens (tertiary/aromatic N) is 2. The Labute approximate surface area is 248 Å². The average molecular weight is 582 g/mol. The van der Waals surface area contributed by atoms with Crippen molar-refractivity contribution in [2.45, 2.75) is 97.5 Å². The van der Waals surface area contributed by atoms with Gasteiger partial charge in [-0.1, -0.05) is 53.7 Å². The number of hydrogen-bond acceptors (Lipinski definition) is 6. The van der Waals surface area contributed by atoms with Crippen LogP contribution in [-0.4, -0.2) is 57.7 Å². The van der Waals surface area contributed by atoms with Crippen LogP contribution in [0.2, 0.25) is 0 Å². The van der Waals surface area contributed by atoms with Crippen LogP contribution >= 0.6 is 11.3 Å². The van der Waals surface area contributed by atoms with E-state index in [1.807, 2.05) is 36.1 Å². The van der Waals surface area contributed by atoms with Crippen molar-refractivity contribution >= 4 is 28.3 Å². The van der Waals surface area contributed by atoms with Gasteiger partial charge in [0.1, 0.15) is 0 Å². The monoisotopic (exact) mass is 581 g/mol. The SMILES string of the molecule is CC1CCN(C(=O)C[C@@H]2c3nc(NC(=O)c4ccc(C(C)(C)C)cc4)sc3C[C@@H]3[C@](C)(CO)[C@H](O)CC[C@]32C)CC1. The highest BCUT2D eigenvalue weighted by atomic mass is 32.1. The van der Waals surface area contributed by atoms with Crippen molar-refractivity contribution in [1.82, 2.24) is 9.88 Å². The van der Waals surface area contributed by atoms with E-state index in [4.69, 9.17) is 4.98 Å². The first-order chi connectivity index (χ1) is 19.3. The predicted molar refractivity (Wildman–Crippen MR) is 163 cm³/mol. The Kier molecular flexibility index (Phi) is 8.16. The van der Waals surface area contributed by atoms with Gasteiger partial charge in [0.2, 0.25) is 5.91 Å². The lowest BCUT2D eigenvalue weighted by molar-refractivity contribution is -0.147. The minimum Gasteiger partial charge on any atom is -0.396 e. The van der Waals surface area contributed by atoms with Crippen LogP contribution in [0.15, 0.2) is 24.3 Å². The standard InChI is InChI=1S/C33H47N3O4S/c1-20-12-15-36(16-13-20)27(39)17-23-28-24(18-25-32(23,5)14-11-26(38)33(25,6)19-37)41-30(34-28)35-29(40)21-7-9-22(10-8-21)31(2,3)4/h7-10,20,23,25-26,37-38H,11-19H2,1-6H3,(H,34,35,40)/t23-,25+,26-,32+,33+/m1/s1. The van der Waals surface area contributed by atoms with Crippen molar-refractivity contribution in [3.63, 3.8) is 0 Å². The largest absolute Gasteiger partial charge is 0.396 e. The third-order valence-electron chi connectivity index (χ3n) is 10.6. The van der Waals surface area contributed by atoms with E-state index in [9.17, 15) is 19.8 Å². The maximum atomic E-state index is 13.7. The number of aliphatic hydroxyl groups excluding tert-OH is 2. The molecule has 2 aromatic rings. The number of amides is 2. The van der Waals surface area contributed by atoms with Crippen LogP contribution in [0.25, 0.3) is 0 Å². The predicted octanol–water partition coefficient (Wildman–Crippen LogP) is 5.76. The fraction of sp³-hybridized carbons (Fsp3) is 0.667. The summed E-state index contributed by atoms with van der Waals surface area (Å²) in [6, 6.07) is 7.71. The number of hydrogen-bond donors (Lipinski definition) is 3. The van der Waals surface area contributed by atoms with Gasteiger partial charge >= 0.3 is 0 Å². The fourth-order valence-corrected chi connectivity index (χ4v) is 8.62. The first-order valence-electron chi connectivity index (χ1n) is 15.2. The molecule has 1 aromatic heterocycles. The Morgan fingerprint density at radius 3 is 2.39 bits per heavy atom. The lowest BCUT2D eigenvalue weighted by atomic mass is 9.47. The quantitative estimate of drug-likeness (QED) is 0.417. The number of likely N-dealkylation sites (tertiary alicyclic amines) is 1. The van der Waals surface area contributed by atoms with Crippen LogP contribution in [0.4, 0.5) is 5.13 Å². The zero-order valence-electron chi connectivity index (χ0n) is 25.5. The van der Waals surface area contributed by atoms with Crippen molar-refractivity contribution in [3.8, 4) is 0 Å². The third-order valence-corrected chi connectivity index (χ3v) is 11.7. The first-order valence-corrected chi connectivity index (χ1v) is 16.1. The molecule has 1 aromatic carbocycles. The molecule has 2 heterocycles. The van der Waals surface area contributed by atoms with Gasteiger partial charge in [0.15, 0.2) is 5.13 Å². The summed E-state index contributed by atoms with van der Waals surface area (Å²) in [6.07, 6.45) is 3.83. The van der Waals surface area contributed by atoms with Crippen molar-refractivity contribution in [2.75, 3.05) is 25.0 Å². The molecule has 5 rings (SSSR count). The summed E-state index contributed by atoms with van der Waals surface area (Å²) in [5, 5.41) is 25.1. The minimum absolute atomic E-state index is 0.00575. The fourth-order valence-electron chi connectivity index (χ4n) is 7.55. The molecule has 1 saturated carbocycles. The van der Waals surface area contributed by atoms with Crippen LogP contribution in [0, 0.1) is 22.7 Å². The van der Waals surface area contributed by atoms with Gasteiger partial charge in [0.05, 0.1) is 18.4 Å². The van der Waals surface area contributed by atoms with Gasteiger partial charge in [-0.25, -0.2) is 4.98 Å². The molecule has 41 heavy (non-hydrogen) atoms. The van der Waals surface area contributed by atoms with E-state index in [0.717, 1.165) is 42.9 Å². The van der Waals surface area contributed by atoms with Gasteiger partial charge in [-0.05, 0) is 72.5 Å². The highest BCUT2D eigenvalue weighted by Crippen LogP contribution is 2.63. The van der Waals surface area contributed by atoms with Crippen LogP contribution in [0.5, 0.6) is 0 Å². The highest BCUT2D eigenvalue weighted by Gasteiger charge is 2.59. The number of rotatable bonds is 5. The molecular formula is C33H47N3O4S. The molecule has 0 bridgehead atoms. The molecular weight excluding hydrogens is 534 g/mol. The van der Waals surface area contributed by atoms with Crippen molar-refractivity contribution in [2.24, 2.45) is 22.7 Å². The maximum Gasteiger partial charge on any atom is 0.257 e. The molecule has 7 nitrogen and oxygen atoms in total. The van der Waals surface area contributed by atoms with E-state index in [1.165, 1.54) is 16.9 Å². The molecule has 0 radical (unpaired) electrons. The minimum atomic E-state index is -0.672. The zero-order chi connectivity index (χ0) is 29.7. The number of carbonyl (C=O) groups excluding carboxylic acids is 2. The van der Waals surface area contributed by atoms with E-state index < -0.39 is 11.5 Å². The molecule has 3 N–H and O–H groups in total. The van der Waals surface area contributed by atoms with E-state index >= 15 is 0 Å². The molecule has 1 saturated heterocycles. The van der Waals surface area contributed by atoms with Crippen LogP contribution in [0.1, 0.15) is 106 Å². The Morgan fingerprint density at radius 2 is 1.78 bits per heavy atom. The maximum absolute atomic E-state index is 13.7. The van der Waals surface area contributed by atoms with Gasteiger partial charge in [-0.15, -0.1) is 11.3 Å². The number of aliphatic hydroxyl groups is 2. The molecule has 224 valence electrons. The molecule has 2 aliphatic carbocycles. The Morgan fingerprint density at radius 1 is 1.12 bits per heavy atom. The summed E-state index contributed by atoms with van der Waals surface area (Å²) in [6.45, 7) is 14.4. The first kappa shape index (κ1) is 30.2. The number of anilines is 1. The number of benzene rings is 1. The number of thiazole rings is 1. The summed E-state index contributed by atoms with van der Waals surface area (Å²) in [5.41, 5.74) is 1.68. The summed E-state index contributed by atoms with van der Waals surface area (Å²) in [7, 11) is 0. The van der Waals surface area contributed by atoms with Gasteiger partial charge in [0, 0.05) is 41.3 Å². The Balaban J connectivity index is 1.45. The molecule has 2 fully saturated rings. The topological polar surface area (TPSA) is 103 Å². The molecule has 0 unspecified atom stereocenters. The number of carbonyl (C=O) groups is 2. The summed E-state index contributed by atoms with van der Waals surface area (Å²) < 4.78 is 0. The van der Waals surface area contributed by atoms with Gasteiger partial charge in [0.25, 0.3) is 5.91 Å². The lowest BCUT2D eigenvalue weighted by Crippen LogP contribution is -2.57. The number of piperidine rings is 1. The Bertz CT molecular complexity index is 1280. The molecule has 2 amide bonds. The summed E-state index contributed by atoms with van der Waals surface area (Å²) >= 11 is 1.47. The number of aromatic nitrogens is 1. The molecule has 3 aliphatic rings. The van der Waals surface area contributed by atoms with Gasteiger partial charge in [-0.3, -0.25) is 14.9 Å². The van der Waals surface area contributed by atoms with Gasteiger partial charge in [-0.2, -0.15) is 0 Å². The van der Waals surface area contributed by atoms with Crippen molar-refractivity contribution in [1.29, 1.82) is 0 Å².